The molecule has 0 saturated heterocycles. The topological polar surface area (TPSA) is 112 Å². The van der Waals surface area contributed by atoms with Gasteiger partial charge in [-0.25, -0.2) is 23.6 Å². The summed E-state index contributed by atoms with van der Waals surface area (Å²) in [6.07, 6.45) is 0.255. The van der Waals surface area contributed by atoms with Crippen molar-refractivity contribution >= 4 is 16.9 Å². The standard InChI is InChI=1S/C21H18FN5O4/c1-13-23-18(25-27(13)15-9-7-14(22)8-10-15)20(29)31-12-4-11-26-19(28)16-5-2-3-6-17(16)24-21(26)30/h2-3,5-10H,4,11-12H2,1H3,(H,24,30). The van der Waals surface area contributed by atoms with Gasteiger partial charge in [0.25, 0.3) is 11.4 Å². The highest BCUT2D eigenvalue weighted by molar-refractivity contribution is 5.85. The van der Waals surface area contributed by atoms with Crippen molar-refractivity contribution in [2.24, 2.45) is 0 Å². The fourth-order valence-corrected chi connectivity index (χ4v) is 3.16. The van der Waals surface area contributed by atoms with Crippen molar-refractivity contribution in [3.8, 4) is 5.69 Å². The van der Waals surface area contributed by atoms with Crippen molar-refractivity contribution in [1.29, 1.82) is 0 Å². The molecule has 1 N–H and O–H groups in total. The number of para-hydroxylation sites is 1. The minimum absolute atomic E-state index is 0.0261. The van der Waals surface area contributed by atoms with Gasteiger partial charge in [0.05, 0.1) is 23.2 Å². The molecule has 0 aliphatic rings. The normalized spacial score (nSPS) is 11.0. The number of aromatic nitrogens is 5. The van der Waals surface area contributed by atoms with Crippen LogP contribution in [0.1, 0.15) is 22.9 Å². The third kappa shape index (κ3) is 4.13. The summed E-state index contributed by atoms with van der Waals surface area (Å²) >= 11 is 0. The summed E-state index contributed by atoms with van der Waals surface area (Å²) in [5.74, 6) is -0.815. The minimum Gasteiger partial charge on any atom is -0.460 e. The fourth-order valence-electron chi connectivity index (χ4n) is 3.16. The molecule has 4 aromatic rings. The third-order valence-electron chi connectivity index (χ3n) is 4.67. The van der Waals surface area contributed by atoms with Gasteiger partial charge < -0.3 is 9.72 Å². The molecule has 9 nitrogen and oxygen atoms in total. The van der Waals surface area contributed by atoms with Gasteiger partial charge in [-0.2, -0.15) is 0 Å². The average molecular weight is 423 g/mol. The first-order chi connectivity index (χ1) is 14.9. The number of carbonyl (C=O) groups is 1. The number of fused-ring (bicyclic) bond motifs is 1. The van der Waals surface area contributed by atoms with Gasteiger partial charge in [-0.15, -0.1) is 5.10 Å². The van der Waals surface area contributed by atoms with E-state index in [-0.39, 0.29) is 31.2 Å². The monoisotopic (exact) mass is 423 g/mol. The smallest absolute Gasteiger partial charge is 0.378 e. The van der Waals surface area contributed by atoms with Gasteiger partial charge in [0.15, 0.2) is 0 Å². The Balaban J connectivity index is 1.40. The number of H-pyrrole nitrogens is 1. The maximum absolute atomic E-state index is 13.1. The Morgan fingerprint density at radius 2 is 1.87 bits per heavy atom. The lowest BCUT2D eigenvalue weighted by atomic mass is 10.2. The van der Waals surface area contributed by atoms with Crippen LogP contribution in [-0.4, -0.2) is 36.9 Å². The molecule has 2 aromatic heterocycles. The van der Waals surface area contributed by atoms with Crippen molar-refractivity contribution < 1.29 is 13.9 Å². The fraction of sp³-hybridized carbons (Fsp3) is 0.190. The van der Waals surface area contributed by atoms with E-state index in [1.54, 1.807) is 31.2 Å². The number of aryl methyl sites for hydroxylation is 1. The Bertz CT molecular complexity index is 1370. The average Bonchev–Trinajstić information content (AvgIpc) is 3.15. The lowest BCUT2D eigenvalue weighted by molar-refractivity contribution is 0.0481. The quantitative estimate of drug-likeness (QED) is 0.375. The first-order valence-electron chi connectivity index (χ1n) is 9.52. The Hall–Kier alpha value is -4.08. The molecule has 158 valence electrons. The van der Waals surface area contributed by atoms with E-state index in [1.165, 1.54) is 28.9 Å². The minimum atomic E-state index is -0.733. The lowest BCUT2D eigenvalue weighted by Gasteiger charge is -2.06. The molecule has 0 amide bonds. The Labute approximate surface area is 174 Å². The zero-order valence-electron chi connectivity index (χ0n) is 16.5. The SMILES string of the molecule is Cc1nc(C(=O)OCCCn2c(=O)[nH]c3ccccc3c2=O)nn1-c1ccc(F)cc1. The van der Waals surface area contributed by atoms with E-state index < -0.39 is 17.2 Å². The van der Waals surface area contributed by atoms with Crippen molar-refractivity contribution in [2.75, 3.05) is 6.61 Å². The number of hydrogen-bond donors (Lipinski definition) is 1. The molecule has 0 fully saturated rings. The predicted molar refractivity (Wildman–Crippen MR) is 110 cm³/mol. The van der Waals surface area contributed by atoms with E-state index in [0.717, 1.165) is 4.57 Å². The first kappa shape index (κ1) is 20.2. The Morgan fingerprint density at radius 1 is 1.13 bits per heavy atom. The van der Waals surface area contributed by atoms with Gasteiger partial charge in [-0.05, 0) is 49.7 Å². The van der Waals surface area contributed by atoms with Crippen LogP contribution in [0.5, 0.6) is 0 Å². The second-order valence-electron chi connectivity index (χ2n) is 6.79. The van der Waals surface area contributed by atoms with Crippen LogP contribution in [-0.2, 0) is 11.3 Å². The van der Waals surface area contributed by atoms with Gasteiger partial charge >= 0.3 is 11.7 Å². The van der Waals surface area contributed by atoms with Crippen LogP contribution in [0.15, 0.2) is 58.1 Å². The van der Waals surface area contributed by atoms with Crippen molar-refractivity contribution in [2.45, 2.75) is 19.9 Å². The second kappa shape index (κ2) is 8.34. The van der Waals surface area contributed by atoms with Crippen LogP contribution in [0.2, 0.25) is 0 Å². The number of halogens is 1. The molecule has 0 aliphatic carbocycles. The number of hydrogen-bond acceptors (Lipinski definition) is 6. The summed E-state index contributed by atoms with van der Waals surface area (Å²) in [5, 5.41) is 4.51. The molecule has 10 heteroatoms. The third-order valence-corrected chi connectivity index (χ3v) is 4.67. The summed E-state index contributed by atoms with van der Waals surface area (Å²) < 4.78 is 20.8. The van der Waals surface area contributed by atoms with Crippen LogP contribution in [0, 0.1) is 12.7 Å². The molecule has 0 saturated carbocycles. The van der Waals surface area contributed by atoms with Gasteiger partial charge in [0, 0.05) is 6.54 Å². The van der Waals surface area contributed by atoms with Crippen LogP contribution in [0.25, 0.3) is 16.6 Å². The van der Waals surface area contributed by atoms with Crippen molar-refractivity contribution in [3.05, 3.63) is 86.8 Å². The molecule has 0 aliphatic heterocycles. The zero-order valence-corrected chi connectivity index (χ0v) is 16.5. The van der Waals surface area contributed by atoms with E-state index in [0.29, 0.717) is 22.4 Å². The number of nitrogens with one attached hydrogen (secondary N) is 1. The maximum Gasteiger partial charge on any atom is 0.378 e. The van der Waals surface area contributed by atoms with Gasteiger partial charge in [0.1, 0.15) is 11.6 Å². The first-order valence-corrected chi connectivity index (χ1v) is 9.52. The summed E-state index contributed by atoms with van der Waals surface area (Å²) in [6, 6.07) is 12.3. The predicted octanol–water partition coefficient (Wildman–Crippen LogP) is 1.97. The maximum atomic E-state index is 13.1. The molecule has 0 unspecified atom stereocenters. The number of rotatable bonds is 6. The molecular formula is C21H18FN5O4. The molecule has 0 bridgehead atoms. The summed E-state index contributed by atoms with van der Waals surface area (Å²) in [7, 11) is 0. The summed E-state index contributed by atoms with van der Waals surface area (Å²) in [4.78, 5) is 43.6. The van der Waals surface area contributed by atoms with E-state index in [4.69, 9.17) is 4.74 Å². The number of carbonyl (C=O) groups excluding carboxylic acids is 1. The Morgan fingerprint density at radius 3 is 2.65 bits per heavy atom. The second-order valence-corrected chi connectivity index (χ2v) is 6.79. The number of nitrogens with zero attached hydrogens (tertiary/aromatic N) is 4. The highest BCUT2D eigenvalue weighted by Gasteiger charge is 2.17. The molecule has 0 atom stereocenters. The van der Waals surface area contributed by atoms with Gasteiger partial charge in [-0.3, -0.25) is 9.36 Å². The van der Waals surface area contributed by atoms with Crippen LogP contribution >= 0.6 is 0 Å². The van der Waals surface area contributed by atoms with E-state index in [2.05, 4.69) is 15.1 Å². The van der Waals surface area contributed by atoms with E-state index in [9.17, 15) is 18.8 Å². The number of aromatic amines is 1. The number of ether oxygens (including phenoxy) is 1. The van der Waals surface area contributed by atoms with Gasteiger partial charge in [0.2, 0.25) is 0 Å². The zero-order chi connectivity index (χ0) is 22.0. The molecule has 31 heavy (non-hydrogen) atoms. The molecule has 4 rings (SSSR count). The van der Waals surface area contributed by atoms with Crippen molar-refractivity contribution in [3.63, 3.8) is 0 Å². The van der Waals surface area contributed by atoms with E-state index >= 15 is 0 Å². The van der Waals surface area contributed by atoms with Crippen LogP contribution in [0.4, 0.5) is 4.39 Å². The summed E-state index contributed by atoms with van der Waals surface area (Å²) in [6.45, 7) is 1.72. The van der Waals surface area contributed by atoms with Crippen LogP contribution < -0.4 is 11.2 Å². The number of esters is 1. The highest BCUT2D eigenvalue weighted by Crippen LogP contribution is 2.11. The highest BCUT2D eigenvalue weighted by atomic mass is 19.1. The lowest BCUT2D eigenvalue weighted by Crippen LogP contribution is -2.35. The molecular weight excluding hydrogens is 405 g/mol. The van der Waals surface area contributed by atoms with Crippen LogP contribution in [0.3, 0.4) is 0 Å². The largest absolute Gasteiger partial charge is 0.460 e. The van der Waals surface area contributed by atoms with Gasteiger partial charge in [-0.1, -0.05) is 12.1 Å². The van der Waals surface area contributed by atoms with Crippen molar-refractivity contribution in [1.82, 2.24) is 24.3 Å². The molecule has 2 aromatic carbocycles. The molecule has 0 radical (unpaired) electrons. The number of benzene rings is 2. The molecule has 2 heterocycles. The summed E-state index contributed by atoms with van der Waals surface area (Å²) in [5.41, 5.74) is 0.102. The Kier molecular flexibility index (Phi) is 5.44. The van der Waals surface area contributed by atoms with E-state index in [1.807, 2.05) is 0 Å². The molecule has 0 spiro atoms.